The summed E-state index contributed by atoms with van der Waals surface area (Å²) >= 11 is 0. The van der Waals surface area contributed by atoms with Crippen molar-refractivity contribution in [2.75, 3.05) is 36.4 Å². The van der Waals surface area contributed by atoms with E-state index in [4.69, 9.17) is 0 Å². The van der Waals surface area contributed by atoms with Gasteiger partial charge in [-0.3, -0.25) is 4.79 Å². The van der Waals surface area contributed by atoms with E-state index in [-0.39, 0.29) is 5.91 Å². The standard InChI is InChI=1S/C21H28N6O/c28-21(27-15-13-26(14-16-27)20-9-5-6-12-22-20)18-10-11-19(25-24-18)23-17-7-3-1-2-4-8-17/h5-6,9-12,17H,1-4,7-8,13-16H2,(H,23,25). The van der Waals surface area contributed by atoms with E-state index in [1.807, 2.05) is 29.2 Å². The minimum atomic E-state index is -0.0470. The van der Waals surface area contributed by atoms with Crippen molar-refractivity contribution < 1.29 is 4.79 Å². The Labute approximate surface area is 166 Å². The number of aromatic nitrogens is 3. The van der Waals surface area contributed by atoms with E-state index in [1.54, 1.807) is 12.3 Å². The normalized spacial score (nSPS) is 18.6. The topological polar surface area (TPSA) is 74.2 Å². The maximum atomic E-state index is 12.8. The Kier molecular flexibility index (Phi) is 5.99. The highest BCUT2D eigenvalue weighted by atomic mass is 16.2. The maximum absolute atomic E-state index is 12.8. The average molecular weight is 380 g/mol. The lowest BCUT2D eigenvalue weighted by atomic mass is 10.1. The van der Waals surface area contributed by atoms with Gasteiger partial charge in [-0.2, -0.15) is 0 Å². The molecule has 1 aliphatic carbocycles. The van der Waals surface area contributed by atoms with Crippen LogP contribution in [-0.2, 0) is 0 Å². The monoisotopic (exact) mass is 380 g/mol. The molecule has 0 unspecified atom stereocenters. The zero-order valence-corrected chi connectivity index (χ0v) is 16.3. The lowest BCUT2D eigenvalue weighted by Gasteiger charge is -2.35. The molecular formula is C21H28N6O. The molecule has 0 spiro atoms. The quantitative estimate of drug-likeness (QED) is 0.822. The number of nitrogens with zero attached hydrogens (tertiary/aromatic N) is 5. The lowest BCUT2D eigenvalue weighted by Crippen LogP contribution is -2.49. The number of rotatable bonds is 4. The molecule has 28 heavy (non-hydrogen) atoms. The van der Waals surface area contributed by atoms with Crippen molar-refractivity contribution in [2.24, 2.45) is 0 Å². The number of anilines is 2. The summed E-state index contributed by atoms with van der Waals surface area (Å²) in [5, 5.41) is 11.9. The lowest BCUT2D eigenvalue weighted by molar-refractivity contribution is 0.0739. The van der Waals surface area contributed by atoms with E-state index in [2.05, 4.69) is 25.4 Å². The summed E-state index contributed by atoms with van der Waals surface area (Å²) in [4.78, 5) is 21.2. The van der Waals surface area contributed by atoms with Crippen LogP contribution in [0.5, 0.6) is 0 Å². The van der Waals surface area contributed by atoms with Gasteiger partial charge in [0.2, 0.25) is 0 Å². The minimum Gasteiger partial charge on any atom is -0.366 e. The van der Waals surface area contributed by atoms with Crippen molar-refractivity contribution in [3.8, 4) is 0 Å². The summed E-state index contributed by atoms with van der Waals surface area (Å²) in [6, 6.07) is 10.0. The molecule has 3 heterocycles. The van der Waals surface area contributed by atoms with Crippen LogP contribution in [-0.4, -0.2) is 58.2 Å². The van der Waals surface area contributed by atoms with Gasteiger partial charge >= 0.3 is 0 Å². The van der Waals surface area contributed by atoms with Crippen molar-refractivity contribution >= 4 is 17.5 Å². The highest BCUT2D eigenvalue weighted by Gasteiger charge is 2.24. The van der Waals surface area contributed by atoms with Crippen LogP contribution in [0.4, 0.5) is 11.6 Å². The Bertz CT molecular complexity index is 750. The van der Waals surface area contributed by atoms with Gasteiger partial charge in [0.25, 0.3) is 5.91 Å². The molecule has 1 saturated heterocycles. The molecule has 4 rings (SSSR count). The first-order valence-corrected chi connectivity index (χ1v) is 10.3. The van der Waals surface area contributed by atoms with Gasteiger partial charge < -0.3 is 15.1 Å². The predicted molar refractivity (Wildman–Crippen MR) is 109 cm³/mol. The third-order valence-corrected chi connectivity index (χ3v) is 5.63. The molecule has 0 radical (unpaired) electrons. The number of hydrogen-bond acceptors (Lipinski definition) is 6. The SMILES string of the molecule is O=C(c1ccc(NC2CCCCCC2)nn1)N1CCN(c2ccccn2)CC1. The van der Waals surface area contributed by atoms with Crippen molar-refractivity contribution in [2.45, 2.75) is 44.6 Å². The van der Waals surface area contributed by atoms with Gasteiger partial charge in [-0.1, -0.05) is 31.7 Å². The summed E-state index contributed by atoms with van der Waals surface area (Å²) in [6.45, 7) is 2.88. The van der Waals surface area contributed by atoms with E-state index < -0.39 is 0 Å². The molecule has 7 nitrogen and oxygen atoms in total. The first-order valence-electron chi connectivity index (χ1n) is 10.3. The van der Waals surface area contributed by atoms with Crippen molar-refractivity contribution in [1.82, 2.24) is 20.1 Å². The Balaban J connectivity index is 1.31. The Morgan fingerprint density at radius 3 is 2.36 bits per heavy atom. The fraction of sp³-hybridized carbons (Fsp3) is 0.524. The van der Waals surface area contributed by atoms with Crippen LogP contribution in [0, 0.1) is 0 Å². The third kappa shape index (κ3) is 4.58. The largest absolute Gasteiger partial charge is 0.366 e. The van der Waals surface area contributed by atoms with E-state index in [0.717, 1.165) is 24.7 Å². The highest BCUT2D eigenvalue weighted by Crippen LogP contribution is 2.20. The Morgan fingerprint density at radius 2 is 1.71 bits per heavy atom. The van der Waals surface area contributed by atoms with E-state index in [0.29, 0.717) is 24.8 Å². The molecule has 0 bridgehead atoms. The van der Waals surface area contributed by atoms with Crippen LogP contribution in [0.25, 0.3) is 0 Å². The summed E-state index contributed by atoms with van der Waals surface area (Å²) in [7, 11) is 0. The summed E-state index contributed by atoms with van der Waals surface area (Å²) in [5.41, 5.74) is 0.415. The van der Waals surface area contributed by atoms with Crippen molar-refractivity contribution in [3.63, 3.8) is 0 Å². The van der Waals surface area contributed by atoms with Crippen LogP contribution in [0.15, 0.2) is 36.5 Å². The molecule has 2 fully saturated rings. The number of carbonyl (C=O) groups excluding carboxylic acids is 1. The molecule has 1 N–H and O–H groups in total. The average Bonchev–Trinajstić information content (AvgIpc) is 3.03. The molecule has 1 saturated carbocycles. The first kappa shape index (κ1) is 18.7. The molecule has 0 atom stereocenters. The van der Waals surface area contributed by atoms with Crippen LogP contribution < -0.4 is 10.2 Å². The summed E-state index contributed by atoms with van der Waals surface area (Å²) < 4.78 is 0. The third-order valence-electron chi connectivity index (χ3n) is 5.63. The van der Waals surface area contributed by atoms with Gasteiger partial charge in [-0.25, -0.2) is 4.98 Å². The number of nitrogens with one attached hydrogen (secondary N) is 1. The molecular weight excluding hydrogens is 352 g/mol. The second-order valence-corrected chi connectivity index (χ2v) is 7.60. The number of hydrogen-bond donors (Lipinski definition) is 1. The molecule has 2 aliphatic rings. The van der Waals surface area contributed by atoms with E-state index >= 15 is 0 Å². The van der Waals surface area contributed by atoms with Crippen LogP contribution in [0.3, 0.4) is 0 Å². The summed E-state index contributed by atoms with van der Waals surface area (Å²) in [5.74, 6) is 1.68. The number of piperazine rings is 1. The Hall–Kier alpha value is -2.70. The van der Waals surface area contributed by atoms with Gasteiger partial charge in [-0.05, 0) is 37.1 Å². The van der Waals surface area contributed by atoms with Gasteiger partial charge in [-0.15, -0.1) is 10.2 Å². The van der Waals surface area contributed by atoms with Crippen molar-refractivity contribution in [1.29, 1.82) is 0 Å². The summed E-state index contributed by atoms with van der Waals surface area (Å²) in [6.07, 6.45) is 9.35. The second-order valence-electron chi connectivity index (χ2n) is 7.60. The second kappa shape index (κ2) is 8.99. The maximum Gasteiger partial charge on any atom is 0.274 e. The fourth-order valence-corrected chi connectivity index (χ4v) is 4.00. The van der Waals surface area contributed by atoms with Gasteiger partial charge in [0.05, 0.1) is 0 Å². The number of amides is 1. The molecule has 148 valence electrons. The zero-order valence-electron chi connectivity index (χ0n) is 16.3. The first-order chi connectivity index (χ1) is 13.8. The molecule has 7 heteroatoms. The predicted octanol–water partition coefficient (Wildman–Crippen LogP) is 2.97. The fourth-order valence-electron chi connectivity index (χ4n) is 4.00. The van der Waals surface area contributed by atoms with Crippen LogP contribution in [0.2, 0.25) is 0 Å². The molecule has 1 aliphatic heterocycles. The highest BCUT2D eigenvalue weighted by molar-refractivity contribution is 5.92. The van der Waals surface area contributed by atoms with Gasteiger partial charge in [0.1, 0.15) is 11.6 Å². The van der Waals surface area contributed by atoms with Gasteiger partial charge in [0.15, 0.2) is 5.69 Å². The molecule has 1 amide bonds. The Morgan fingerprint density at radius 1 is 0.929 bits per heavy atom. The molecule has 2 aromatic heterocycles. The van der Waals surface area contributed by atoms with E-state index in [1.165, 1.54) is 38.5 Å². The minimum absolute atomic E-state index is 0.0470. The van der Waals surface area contributed by atoms with Crippen molar-refractivity contribution in [3.05, 3.63) is 42.2 Å². The van der Waals surface area contributed by atoms with Crippen LogP contribution >= 0.6 is 0 Å². The number of pyridine rings is 1. The zero-order chi connectivity index (χ0) is 19.2. The smallest absolute Gasteiger partial charge is 0.274 e. The number of carbonyl (C=O) groups is 1. The molecule has 2 aromatic rings. The van der Waals surface area contributed by atoms with Gasteiger partial charge in [0, 0.05) is 38.4 Å². The van der Waals surface area contributed by atoms with Crippen LogP contribution in [0.1, 0.15) is 49.0 Å². The van der Waals surface area contributed by atoms with E-state index in [9.17, 15) is 4.79 Å². The molecule has 0 aromatic carbocycles.